The maximum absolute atomic E-state index is 12.9. The van der Waals surface area contributed by atoms with Crippen molar-refractivity contribution < 1.29 is 32.2 Å². The van der Waals surface area contributed by atoms with Gasteiger partial charge in [0.25, 0.3) is 0 Å². The predicted octanol–water partition coefficient (Wildman–Crippen LogP) is 5.48. The number of hydrogen-bond acceptors (Lipinski definition) is 7. The fourth-order valence-corrected chi connectivity index (χ4v) is 6.76. The van der Waals surface area contributed by atoms with Crippen LogP contribution in [0.3, 0.4) is 0 Å². The number of sulfonamides is 1. The van der Waals surface area contributed by atoms with Crippen LogP contribution in [0.25, 0.3) is 0 Å². The zero-order valence-corrected chi connectivity index (χ0v) is 28.0. The molecule has 0 unspecified atom stereocenters. The number of guanidine groups is 1. The second-order valence-corrected chi connectivity index (χ2v) is 15.5. The molecule has 0 aromatic heterocycles. The Morgan fingerprint density at radius 2 is 1.58 bits per heavy atom. The zero-order valence-electron chi connectivity index (χ0n) is 27.2. The first kappa shape index (κ1) is 34.2. The Labute approximate surface area is 267 Å². The lowest BCUT2D eigenvalue weighted by Gasteiger charge is -2.32. The minimum absolute atomic E-state index is 0.0125. The van der Waals surface area contributed by atoms with Crippen molar-refractivity contribution in [1.82, 2.24) is 14.5 Å². The molecule has 2 aromatic carbocycles. The quantitative estimate of drug-likeness (QED) is 0.324. The van der Waals surface area contributed by atoms with Crippen LogP contribution in [0.1, 0.15) is 71.1 Å². The Bertz CT molecular complexity index is 1470. The Kier molecular flexibility index (Phi) is 10.8. The van der Waals surface area contributed by atoms with Crippen LogP contribution in [-0.2, 0) is 38.2 Å². The van der Waals surface area contributed by atoms with E-state index in [9.17, 15) is 18.0 Å². The second-order valence-electron chi connectivity index (χ2n) is 13.5. The molecule has 1 fully saturated rings. The van der Waals surface area contributed by atoms with Gasteiger partial charge in [-0.05, 0) is 95.5 Å². The maximum atomic E-state index is 12.9. The first-order chi connectivity index (χ1) is 21.1. The van der Waals surface area contributed by atoms with Gasteiger partial charge in [0.15, 0.2) is 0 Å². The minimum atomic E-state index is -3.37. The smallest absolute Gasteiger partial charge is 0.437 e. The lowest BCUT2D eigenvalue weighted by Crippen LogP contribution is -2.48. The third kappa shape index (κ3) is 10.7. The standard InChI is InChI=1S/C33H46N4O7S/c1-32(2,3)43-30(38)34-29(35-31(39)44-33(4,5)6)36-17-16-26-12-13-28(20-27(26)21-36)42-22-24-14-18-37(19-15-24)45(40,41)23-25-10-8-7-9-11-25/h7-13,20,24H,14-19,21-23H2,1-6H3,(H,34,35,38,39). The molecule has 4 rings (SSSR count). The van der Waals surface area contributed by atoms with Crippen LogP contribution < -0.4 is 10.1 Å². The fraction of sp³-hybridized carbons (Fsp3) is 0.545. The van der Waals surface area contributed by atoms with Crippen molar-refractivity contribution in [2.75, 3.05) is 26.2 Å². The molecular weight excluding hydrogens is 596 g/mol. The summed E-state index contributed by atoms with van der Waals surface area (Å²) in [6.45, 7) is 12.9. The van der Waals surface area contributed by atoms with Gasteiger partial charge in [0.1, 0.15) is 17.0 Å². The number of alkyl carbamates (subject to hydrolysis) is 1. The number of piperidine rings is 1. The minimum Gasteiger partial charge on any atom is -0.493 e. The largest absolute Gasteiger partial charge is 0.493 e. The van der Waals surface area contributed by atoms with E-state index in [1.807, 2.05) is 53.4 Å². The van der Waals surface area contributed by atoms with Crippen LogP contribution in [0, 0.1) is 5.92 Å². The molecule has 0 aliphatic carbocycles. The van der Waals surface area contributed by atoms with Gasteiger partial charge in [-0.3, -0.25) is 5.32 Å². The van der Waals surface area contributed by atoms with E-state index >= 15 is 0 Å². The van der Waals surface area contributed by atoms with Crippen LogP contribution in [0.5, 0.6) is 5.75 Å². The van der Waals surface area contributed by atoms with E-state index in [4.69, 9.17) is 14.2 Å². The fourth-order valence-electron chi connectivity index (χ4n) is 5.19. The molecule has 45 heavy (non-hydrogen) atoms. The zero-order chi connectivity index (χ0) is 32.8. The highest BCUT2D eigenvalue weighted by Gasteiger charge is 2.29. The molecule has 0 radical (unpaired) electrons. The molecule has 2 amide bonds. The van der Waals surface area contributed by atoms with Crippen molar-refractivity contribution in [3.05, 3.63) is 65.2 Å². The van der Waals surface area contributed by atoms with Crippen molar-refractivity contribution in [2.24, 2.45) is 10.9 Å². The van der Waals surface area contributed by atoms with Gasteiger partial charge in [0.05, 0.1) is 12.4 Å². The van der Waals surface area contributed by atoms with Crippen molar-refractivity contribution in [2.45, 2.75) is 84.3 Å². The Balaban J connectivity index is 1.36. The SMILES string of the molecule is CC(C)(C)OC(=O)N=C(NC(=O)OC(C)(C)C)N1CCc2ccc(OCC3CCN(S(=O)(=O)Cc4ccccc4)CC3)cc2C1. The summed E-state index contributed by atoms with van der Waals surface area (Å²) in [4.78, 5) is 31.1. The second kappa shape index (κ2) is 14.2. The van der Waals surface area contributed by atoms with E-state index < -0.39 is 33.4 Å². The monoisotopic (exact) mass is 642 g/mol. The lowest BCUT2D eigenvalue weighted by atomic mass is 9.98. The molecule has 0 bridgehead atoms. The topological polar surface area (TPSA) is 127 Å². The lowest BCUT2D eigenvalue weighted by molar-refractivity contribution is 0.0553. The summed E-state index contributed by atoms with van der Waals surface area (Å²) in [5.41, 5.74) is 1.45. The van der Waals surface area contributed by atoms with Gasteiger partial charge in [-0.25, -0.2) is 22.3 Å². The van der Waals surface area contributed by atoms with Crippen molar-refractivity contribution in [3.63, 3.8) is 0 Å². The molecule has 0 spiro atoms. The van der Waals surface area contributed by atoms with Gasteiger partial charge < -0.3 is 19.1 Å². The number of nitrogens with one attached hydrogen (secondary N) is 1. The number of carbonyl (C=O) groups excluding carboxylic acids is 2. The van der Waals surface area contributed by atoms with Crippen LogP contribution >= 0.6 is 0 Å². The molecule has 2 heterocycles. The molecule has 1 N–H and O–H groups in total. The Hall–Kier alpha value is -3.64. The van der Waals surface area contributed by atoms with E-state index in [0.717, 1.165) is 29.5 Å². The van der Waals surface area contributed by atoms with Gasteiger partial charge in [-0.15, -0.1) is 4.99 Å². The number of fused-ring (bicyclic) bond motifs is 1. The van der Waals surface area contributed by atoms with Gasteiger partial charge in [-0.2, -0.15) is 0 Å². The number of nitrogens with zero attached hydrogens (tertiary/aromatic N) is 3. The molecule has 12 heteroatoms. The average Bonchev–Trinajstić information content (AvgIpc) is 2.94. The summed E-state index contributed by atoms with van der Waals surface area (Å²) in [6, 6.07) is 15.2. The van der Waals surface area contributed by atoms with Crippen LogP contribution in [0.15, 0.2) is 53.5 Å². The van der Waals surface area contributed by atoms with E-state index in [1.165, 1.54) is 0 Å². The molecule has 0 atom stereocenters. The number of rotatable bonds is 6. The number of amides is 2. The Morgan fingerprint density at radius 3 is 2.22 bits per heavy atom. The summed E-state index contributed by atoms with van der Waals surface area (Å²) in [7, 11) is -3.37. The summed E-state index contributed by atoms with van der Waals surface area (Å²) in [5, 5.41) is 2.64. The molecular formula is C33H46N4O7S. The number of benzene rings is 2. The van der Waals surface area contributed by atoms with E-state index in [0.29, 0.717) is 45.0 Å². The molecule has 2 aromatic rings. The number of carbonyl (C=O) groups is 2. The van der Waals surface area contributed by atoms with Crippen LogP contribution in [0.4, 0.5) is 9.59 Å². The molecule has 11 nitrogen and oxygen atoms in total. The summed E-state index contributed by atoms with van der Waals surface area (Å²) in [5.74, 6) is 1.02. The maximum Gasteiger partial charge on any atom is 0.437 e. The third-order valence-electron chi connectivity index (χ3n) is 7.34. The molecule has 2 aliphatic rings. The number of hydrogen-bond donors (Lipinski definition) is 1. The molecule has 246 valence electrons. The Morgan fingerprint density at radius 1 is 0.911 bits per heavy atom. The third-order valence-corrected chi connectivity index (χ3v) is 9.19. The van der Waals surface area contributed by atoms with E-state index in [-0.39, 0.29) is 17.6 Å². The number of aliphatic imine (C=N–C) groups is 1. The highest BCUT2D eigenvalue weighted by atomic mass is 32.2. The van der Waals surface area contributed by atoms with Crippen molar-refractivity contribution in [3.8, 4) is 5.75 Å². The first-order valence-electron chi connectivity index (χ1n) is 15.4. The summed E-state index contributed by atoms with van der Waals surface area (Å²) < 4.78 is 44.4. The summed E-state index contributed by atoms with van der Waals surface area (Å²) >= 11 is 0. The van der Waals surface area contributed by atoms with Crippen LogP contribution in [-0.4, -0.2) is 73.2 Å². The molecule has 0 saturated carbocycles. The number of ether oxygens (including phenoxy) is 3. The van der Waals surface area contributed by atoms with E-state index in [1.54, 1.807) is 45.8 Å². The summed E-state index contributed by atoms with van der Waals surface area (Å²) in [6.07, 6.45) is 0.609. The van der Waals surface area contributed by atoms with Crippen molar-refractivity contribution >= 4 is 28.2 Å². The van der Waals surface area contributed by atoms with Crippen LogP contribution in [0.2, 0.25) is 0 Å². The van der Waals surface area contributed by atoms with Gasteiger partial charge in [0.2, 0.25) is 16.0 Å². The highest BCUT2D eigenvalue weighted by Crippen LogP contribution is 2.27. The van der Waals surface area contributed by atoms with Crippen molar-refractivity contribution in [1.29, 1.82) is 0 Å². The molecule has 1 saturated heterocycles. The van der Waals surface area contributed by atoms with E-state index in [2.05, 4.69) is 10.3 Å². The highest BCUT2D eigenvalue weighted by molar-refractivity contribution is 7.88. The normalized spacial score (nSPS) is 16.9. The first-order valence-corrected chi connectivity index (χ1v) is 17.0. The molecule has 2 aliphatic heterocycles. The van der Waals surface area contributed by atoms with Gasteiger partial charge in [-0.1, -0.05) is 36.4 Å². The average molecular weight is 643 g/mol. The van der Waals surface area contributed by atoms with Gasteiger partial charge in [0, 0.05) is 26.2 Å². The predicted molar refractivity (Wildman–Crippen MR) is 172 cm³/mol. The van der Waals surface area contributed by atoms with Gasteiger partial charge >= 0.3 is 12.2 Å².